The van der Waals surface area contributed by atoms with Crippen molar-refractivity contribution in [3.8, 4) is 5.75 Å². The van der Waals surface area contributed by atoms with Crippen LogP contribution in [0.15, 0.2) is 58.8 Å². The lowest BCUT2D eigenvalue weighted by atomic mass is 9.98. The van der Waals surface area contributed by atoms with E-state index < -0.39 is 64.3 Å². The van der Waals surface area contributed by atoms with E-state index in [9.17, 15) is 23.4 Å². The molecular formula is C29H33NO11S. The largest absolute Gasteiger partial charge is 0.463 e. The van der Waals surface area contributed by atoms with Gasteiger partial charge in [0, 0.05) is 33.1 Å². The van der Waals surface area contributed by atoms with Gasteiger partial charge in [-0.25, -0.2) is 8.99 Å². The Labute approximate surface area is 243 Å². The summed E-state index contributed by atoms with van der Waals surface area (Å²) in [6.45, 7) is 6.09. The zero-order valence-electron chi connectivity index (χ0n) is 23.8. The number of esters is 4. The highest BCUT2D eigenvalue weighted by Crippen LogP contribution is 2.31. The van der Waals surface area contributed by atoms with Gasteiger partial charge in [0.1, 0.15) is 18.5 Å². The summed E-state index contributed by atoms with van der Waals surface area (Å²) in [5.74, 6) is -2.63. The summed E-state index contributed by atoms with van der Waals surface area (Å²) in [6, 6.07) is 13.3. The number of carbonyl (C=O) groups is 4. The molecule has 12 nitrogen and oxygen atoms in total. The van der Waals surface area contributed by atoms with E-state index in [2.05, 4.69) is 0 Å². The van der Waals surface area contributed by atoms with Gasteiger partial charge >= 0.3 is 23.9 Å². The van der Waals surface area contributed by atoms with Crippen molar-refractivity contribution in [1.29, 1.82) is 4.78 Å². The predicted molar refractivity (Wildman–Crippen MR) is 148 cm³/mol. The maximum atomic E-state index is 12.9. The van der Waals surface area contributed by atoms with E-state index in [1.165, 1.54) is 12.3 Å². The Hall–Kier alpha value is -4.23. The predicted octanol–water partition coefficient (Wildman–Crippen LogP) is 3.53. The highest BCUT2D eigenvalue weighted by molar-refractivity contribution is 7.95. The number of rotatable bonds is 10. The fourth-order valence-electron chi connectivity index (χ4n) is 4.07. The molecule has 2 aromatic rings. The summed E-state index contributed by atoms with van der Waals surface area (Å²) in [7, 11) is -3.17. The van der Waals surface area contributed by atoms with E-state index >= 15 is 0 Å². The molecule has 6 atom stereocenters. The molecular weight excluding hydrogens is 570 g/mol. The standard InChI is InChI=1S/C29H33NO11S/c1-17-6-12-24(13-7-17)42(30,35)15-14-22-8-10-23(11-9-22)40-29-28(39-21(5)34)27(38-20(4)33)26(37-19(3)32)25(41-29)16-36-18(2)31/h6-15,25-30H,16H2,1-5H3/b15-14+/t25-,26-,27+,28-,29-,42?/m1/s1. The molecule has 1 heterocycles. The Morgan fingerprint density at radius 2 is 1.36 bits per heavy atom. The average Bonchev–Trinajstić information content (AvgIpc) is 2.90. The lowest BCUT2D eigenvalue weighted by molar-refractivity contribution is -0.288. The highest BCUT2D eigenvalue weighted by Gasteiger charge is 2.53. The number of nitrogens with one attached hydrogen (secondary N) is 1. The maximum absolute atomic E-state index is 12.9. The first-order valence-electron chi connectivity index (χ1n) is 12.9. The smallest absolute Gasteiger partial charge is 0.303 e. The number of carbonyl (C=O) groups excluding carboxylic acids is 4. The number of ether oxygens (including phenoxy) is 6. The molecule has 1 aliphatic heterocycles. The number of hydrogen-bond acceptors (Lipinski definition) is 12. The Bertz CT molecular complexity index is 1420. The van der Waals surface area contributed by atoms with Crippen LogP contribution in [0.1, 0.15) is 38.8 Å². The molecule has 0 bridgehead atoms. The zero-order valence-corrected chi connectivity index (χ0v) is 24.6. The Morgan fingerprint density at radius 3 is 1.90 bits per heavy atom. The topological polar surface area (TPSA) is 165 Å². The summed E-state index contributed by atoms with van der Waals surface area (Å²) >= 11 is 0. The fourth-order valence-corrected chi connectivity index (χ4v) is 5.11. The molecule has 1 unspecified atom stereocenters. The minimum Gasteiger partial charge on any atom is -0.463 e. The maximum Gasteiger partial charge on any atom is 0.303 e. The summed E-state index contributed by atoms with van der Waals surface area (Å²) in [4.78, 5) is 47.7. The first-order chi connectivity index (χ1) is 19.7. The number of aryl methyl sites for hydroxylation is 1. The van der Waals surface area contributed by atoms with Crippen LogP contribution in [0.3, 0.4) is 0 Å². The van der Waals surface area contributed by atoms with Crippen LogP contribution >= 0.6 is 0 Å². The van der Waals surface area contributed by atoms with Crippen molar-refractivity contribution in [3.05, 3.63) is 65.1 Å². The molecule has 1 aliphatic rings. The molecule has 0 radical (unpaired) electrons. The molecule has 2 aromatic carbocycles. The first-order valence-corrected chi connectivity index (χ1v) is 14.5. The van der Waals surface area contributed by atoms with Crippen molar-refractivity contribution in [2.45, 2.75) is 70.2 Å². The summed E-state index contributed by atoms with van der Waals surface area (Å²) in [6.07, 6.45) is -4.99. The molecule has 1 fully saturated rings. The van der Waals surface area contributed by atoms with Gasteiger partial charge in [-0.1, -0.05) is 29.8 Å². The van der Waals surface area contributed by atoms with Gasteiger partial charge < -0.3 is 28.4 Å². The second-order valence-electron chi connectivity index (χ2n) is 9.47. The molecule has 1 saturated heterocycles. The molecule has 0 spiro atoms. The van der Waals surface area contributed by atoms with Crippen LogP contribution in [0.5, 0.6) is 5.75 Å². The van der Waals surface area contributed by atoms with Crippen LogP contribution in [0.25, 0.3) is 6.08 Å². The van der Waals surface area contributed by atoms with Crippen LogP contribution in [0.2, 0.25) is 0 Å². The third-order valence-electron chi connectivity index (χ3n) is 5.90. The van der Waals surface area contributed by atoms with Gasteiger partial charge in [-0.2, -0.15) is 0 Å². The quantitative estimate of drug-likeness (QED) is 0.312. The summed E-state index contributed by atoms with van der Waals surface area (Å²) < 4.78 is 54.2. The Balaban J connectivity index is 1.87. The van der Waals surface area contributed by atoms with Gasteiger partial charge in [-0.3, -0.25) is 19.2 Å². The minimum atomic E-state index is -3.17. The molecule has 0 amide bonds. The van der Waals surface area contributed by atoms with E-state index in [0.717, 1.165) is 26.3 Å². The Morgan fingerprint density at radius 1 is 0.810 bits per heavy atom. The molecule has 0 aromatic heterocycles. The number of benzene rings is 2. The van der Waals surface area contributed by atoms with Gasteiger partial charge in [0.15, 0.2) is 12.2 Å². The van der Waals surface area contributed by atoms with Crippen molar-refractivity contribution < 1.29 is 51.8 Å². The van der Waals surface area contributed by atoms with Crippen molar-refractivity contribution in [1.82, 2.24) is 0 Å². The lowest BCUT2D eigenvalue weighted by Crippen LogP contribution is -2.63. The molecule has 0 aliphatic carbocycles. The normalized spacial score (nSPS) is 23.3. The number of hydrogen-bond donors (Lipinski definition) is 1. The Kier molecular flexibility index (Phi) is 10.8. The van der Waals surface area contributed by atoms with E-state index in [4.69, 9.17) is 33.2 Å². The molecule has 13 heteroatoms. The SMILES string of the molecule is CC(=O)OC[C@H]1O[C@@H](Oc2ccc(/C=C/S(=N)(=O)c3ccc(C)cc3)cc2)[C@H](OC(C)=O)[C@@H](OC(C)=O)[C@@H]1OC(C)=O. The van der Waals surface area contributed by atoms with E-state index in [1.807, 2.05) is 6.92 Å². The van der Waals surface area contributed by atoms with Crippen molar-refractivity contribution in [3.63, 3.8) is 0 Å². The van der Waals surface area contributed by atoms with Crippen LogP contribution in [0.4, 0.5) is 0 Å². The molecule has 226 valence electrons. The van der Waals surface area contributed by atoms with Gasteiger partial charge in [0.05, 0.1) is 14.6 Å². The molecule has 0 saturated carbocycles. The second kappa shape index (κ2) is 14.1. The van der Waals surface area contributed by atoms with Crippen molar-refractivity contribution in [2.24, 2.45) is 0 Å². The van der Waals surface area contributed by atoms with Gasteiger partial charge in [0.2, 0.25) is 12.4 Å². The monoisotopic (exact) mass is 603 g/mol. The minimum absolute atomic E-state index is 0.248. The third-order valence-corrected chi connectivity index (χ3v) is 7.40. The van der Waals surface area contributed by atoms with E-state index in [0.29, 0.717) is 10.5 Å². The average molecular weight is 604 g/mol. The fraction of sp³-hybridized carbons (Fsp3) is 0.379. The highest BCUT2D eigenvalue weighted by atomic mass is 32.2. The zero-order chi connectivity index (χ0) is 31.0. The van der Waals surface area contributed by atoms with Crippen molar-refractivity contribution in [2.75, 3.05) is 6.61 Å². The lowest BCUT2D eigenvalue weighted by Gasteiger charge is -2.43. The molecule has 3 rings (SSSR count). The molecule has 1 N–H and O–H groups in total. The van der Waals surface area contributed by atoms with Crippen LogP contribution in [-0.2, 0) is 52.6 Å². The van der Waals surface area contributed by atoms with Gasteiger partial charge in [0.25, 0.3) is 0 Å². The van der Waals surface area contributed by atoms with Crippen LogP contribution < -0.4 is 4.74 Å². The van der Waals surface area contributed by atoms with E-state index in [-0.39, 0.29) is 12.4 Å². The summed E-state index contributed by atoms with van der Waals surface area (Å²) in [5.41, 5.74) is 1.61. The van der Waals surface area contributed by atoms with Crippen LogP contribution in [0, 0.1) is 11.7 Å². The third kappa shape index (κ3) is 9.14. The molecule has 42 heavy (non-hydrogen) atoms. The van der Waals surface area contributed by atoms with Gasteiger partial charge in [-0.05, 0) is 42.8 Å². The summed E-state index contributed by atoms with van der Waals surface area (Å²) in [5, 5.41) is 1.31. The van der Waals surface area contributed by atoms with Crippen molar-refractivity contribution >= 4 is 39.7 Å². The van der Waals surface area contributed by atoms with Crippen LogP contribution in [-0.4, -0.2) is 65.4 Å². The second-order valence-corrected chi connectivity index (χ2v) is 11.4. The first kappa shape index (κ1) is 32.3. The van der Waals surface area contributed by atoms with Gasteiger partial charge in [-0.15, -0.1) is 0 Å². The van der Waals surface area contributed by atoms with E-state index in [1.54, 1.807) is 54.6 Å².